The molecule has 0 aliphatic carbocycles. The Balaban J connectivity index is 1.28. The van der Waals surface area contributed by atoms with Gasteiger partial charge in [-0.1, -0.05) is 86.3 Å². The fraction of sp³-hybridized carbons (Fsp3) is 0.394. The number of rotatable bonds is 11. The lowest BCUT2D eigenvalue weighted by molar-refractivity contribution is -0.119. The van der Waals surface area contributed by atoms with Gasteiger partial charge in [0.05, 0.1) is 23.8 Å². The number of amides is 1. The molecule has 43 heavy (non-hydrogen) atoms. The Kier molecular flexibility index (Phi) is 8.97. The molecule has 3 aromatic heterocycles. The van der Waals surface area contributed by atoms with Gasteiger partial charge in [-0.05, 0) is 48.8 Å². The molecule has 2 atom stereocenters. The van der Waals surface area contributed by atoms with E-state index < -0.39 is 0 Å². The molecule has 6 rings (SSSR count). The van der Waals surface area contributed by atoms with Crippen molar-refractivity contribution in [3.05, 3.63) is 92.6 Å². The van der Waals surface area contributed by atoms with E-state index in [1.54, 1.807) is 15.9 Å². The van der Waals surface area contributed by atoms with E-state index in [2.05, 4.69) is 53.6 Å². The first-order chi connectivity index (χ1) is 20.9. The summed E-state index contributed by atoms with van der Waals surface area (Å²) in [6, 6.07) is 20.5. The first-order valence-corrected chi connectivity index (χ1v) is 16.7. The van der Waals surface area contributed by atoms with Crippen LogP contribution in [0.2, 0.25) is 0 Å². The average molecular weight is 616 g/mol. The van der Waals surface area contributed by atoms with Gasteiger partial charge in [-0.15, -0.1) is 21.5 Å². The number of carbonyl (C=O) groups excluding carboxylic acids is 1. The van der Waals surface area contributed by atoms with E-state index in [-0.39, 0.29) is 29.4 Å². The van der Waals surface area contributed by atoms with E-state index in [1.807, 2.05) is 47.7 Å². The van der Waals surface area contributed by atoms with Crippen LogP contribution in [0.5, 0.6) is 0 Å². The Morgan fingerprint density at radius 1 is 1.05 bits per heavy atom. The first-order valence-electron chi connectivity index (χ1n) is 14.9. The minimum Gasteiger partial charge on any atom is -0.372 e. The topological polar surface area (TPSA) is 90.5 Å². The van der Waals surface area contributed by atoms with Crippen molar-refractivity contribution in [2.24, 2.45) is 5.92 Å². The number of thioether (sulfide) groups is 1. The second kappa shape index (κ2) is 13.0. The van der Waals surface area contributed by atoms with Crippen molar-refractivity contribution in [2.75, 3.05) is 5.75 Å². The van der Waals surface area contributed by atoms with Gasteiger partial charge in [0.1, 0.15) is 4.83 Å². The molecule has 5 aromatic rings. The number of thiophene rings is 1. The maximum atomic E-state index is 14.1. The second-order valence-electron chi connectivity index (χ2n) is 11.6. The van der Waals surface area contributed by atoms with Gasteiger partial charge in [0.2, 0.25) is 11.7 Å². The Morgan fingerprint density at radius 2 is 1.74 bits per heavy atom. The molecule has 0 saturated carbocycles. The van der Waals surface area contributed by atoms with Gasteiger partial charge in [-0.2, -0.15) is 0 Å². The normalized spacial score (nSPS) is 15.7. The Labute approximate surface area is 259 Å². The molecular weight excluding hydrogens is 579 g/mol. The van der Waals surface area contributed by atoms with Crippen LogP contribution in [0.1, 0.15) is 48.8 Å². The summed E-state index contributed by atoms with van der Waals surface area (Å²) >= 11 is 2.93. The van der Waals surface area contributed by atoms with Crippen molar-refractivity contribution < 1.29 is 9.53 Å². The minimum atomic E-state index is -0.0467. The van der Waals surface area contributed by atoms with Crippen molar-refractivity contribution in [3.8, 4) is 0 Å². The van der Waals surface area contributed by atoms with Gasteiger partial charge in [0.25, 0.3) is 5.56 Å². The van der Waals surface area contributed by atoms with Crippen molar-refractivity contribution in [1.29, 1.82) is 0 Å². The molecule has 0 fully saturated rings. The third-order valence-corrected chi connectivity index (χ3v) is 10.2. The molecule has 0 bridgehead atoms. The van der Waals surface area contributed by atoms with Crippen LogP contribution in [0.3, 0.4) is 0 Å². The fourth-order valence-corrected chi connectivity index (χ4v) is 7.69. The standard InChI is InChI=1S/C33H37N5O3S2/c1-21(2)26-18-25-27(19-41-26)43-31-29(25)30(40)37(17-16-24-12-8-5-9-13-24)32-35-36-33(38(31)32)42-20-28(39)34-22(3)14-15-23-10-6-4-7-11-23/h4-13,21-22,26H,14-20H2,1-3H3,(H,34,39). The number of fused-ring (bicyclic) bond motifs is 5. The molecule has 1 aliphatic heterocycles. The summed E-state index contributed by atoms with van der Waals surface area (Å²) in [4.78, 5) is 29.0. The summed E-state index contributed by atoms with van der Waals surface area (Å²) in [5, 5.41) is 13.5. The van der Waals surface area contributed by atoms with Crippen LogP contribution in [-0.4, -0.2) is 43.0 Å². The first kappa shape index (κ1) is 29.6. The zero-order valence-electron chi connectivity index (χ0n) is 24.8. The molecule has 0 spiro atoms. The zero-order valence-corrected chi connectivity index (χ0v) is 26.4. The average Bonchev–Trinajstić information content (AvgIpc) is 3.61. The van der Waals surface area contributed by atoms with Crippen molar-refractivity contribution in [1.82, 2.24) is 24.5 Å². The summed E-state index contributed by atoms with van der Waals surface area (Å²) in [5.41, 5.74) is 3.47. The van der Waals surface area contributed by atoms with Crippen molar-refractivity contribution >= 4 is 45.0 Å². The molecule has 0 radical (unpaired) electrons. The van der Waals surface area contributed by atoms with Gasteiger partial charge in [-0.25, -0.2) is 4.40 Å². The van der Waals surface area contributed by atoms with Crippen LogP contribution < -0.4 is 10.9 Å². The summed E-state index contributed by atoms with van der Waals surface area (Å²) in [7, 11) is 0. The van der Waals surface area contributed by atoms with E-state index in [4.69, 9.17) is 4.74 Å². The Hall–Kier alpha value is -3.47. The highest BCUT2D eigenvalue weighted by Crippen LogP contribution is 2.37. The van der Waals surface area contributed by atoms with Gasteiger partial charge < -0.3 is 10.1 Å². The lowest BCUT2D eigenvalue weighted by atomic mass is 9.96. The number of aryl methyl sites for hydroxylation is 3. The summed E-state index contributed by atoms with van der Waals surface area (Å²) in [6.45, 7) is 7.33. The van der Waals surface area contributed by atoms with Crippen LogP contribution in [-0.2, 0) is 41.9 Å². The number of hydrogen-bond acceptors (Lipinski definition) is 7. The predicted molar refractivity (Wildman–Crippen MR) is 173 cm³/mol. The molecule has 224 valence electrons. The number of nitrogens with zero attached hydrogens (tertiary/aromatic N) is 4. The maximum absolute atomic E-state index is 14.1. The largest absolute Gasteiger partial charge is 0.372 e. The zero-order chi connectivity index (χ0) is 29.9. The minimum absolute atomic E-state index is 0.0331. The molecule has 8 nitrogen and oxygen atoms in total. The molecule has 1 N–H and O–H groups in total. The third-order valence-electron chi connectivity index (χ3n) is 8.08. The Bertz CT molecular complexity index is 1780. The number of nitrogens with one attached hydrogen (secondary N) is 1. The third kappa shape index (κ3) is 6.41. The number of benzene rings is 2. The van der Waals surface area contributed by atoms with Gasteiger partial charge >= 0.3 is 0 Å². The monoisotopic (exact) mass is 615 g/mol. The predicted octanol–water partition coefficient (Wildman–Crippen LogP) is 5.68. The van der Waals surface area contributed by atoms with Crippen LogP contribution in [0.4, 0.5) is 0 Å². The molecule has 10 heteroatoms. The molecule has 2 aromatic carbocycles. The molecule has 1 amide bonds. The van der Waals surface area contributed by atoms with E-state index in [9.17, 15) is 9.59 Å². The van der Waals surface area contributed by atoms with Gasteiger partial charge in [0.15, 0.2) is 5.16 Å². The number of ether oxygens (including phenoxy) is 1. The van der Waals surface area contributed by atoms with Crippen molar-refractivity contribution in [2.45, 2.75) is 76.9 Å². The van der Waals surface area contributed by atoms with E-state index in [1.165, 1.54) is 17.3 Å². The molecule has 1 aliphatic rings. The van der Waals surface area contributed by atoms with Crippen molar-refractivity contribution in [3.63, 3.8) is 0 Å². The number of aromatic nitrogens is 4. The molecule has 2 unspecified atom stereocenters. The quantitative estimate of drug-likeness (QED) is 0.193. The lowest BCUT2D eigenvalue weighted by Gasteiger charge is -2.26. The van der Waals surface area contributed by atoms with Crippen LogP contribution in [0.25, 0.3) is 16.0 Å². The van der Waals surface area contributed by atoms with E-state index in [0.29, 0.717) is 42.8 Å². The highest BCUT2D eigenvalue weighted by Gasteiger charge is 2.30. The fourth-order valence-electron chi connectivity index (χ4n) is 5.65. The highest BCUT2D eigenvalue weighted by atomic mass is 32.2. The highest BCUT2D eigenvalue weighted by molar-refractivity contribution is 7.99. The van der Waals surface area contributed by atoms with E-state index >= 15 is 0 Å². The number of carbonyl (C=O) groups is 1. The Morgan fingerprint density at radius 3 is 2.44 bits per heavy atom. The van der Waals surface area contributed by atoms with Gasteiger partial charge in [0, 0.05) is 23.9 Å². The summed E-state index contributed by atoms with van der Waals surface area (Å²) < 4.78 is 9.89. The van der Waals surface area contributed by atoms with Crippen LogP contribution in [0, 0.1) is 5.92 Å². The maximum Gasteiger partial charge on any atom is 0.263 e. The molecule has 0 saturated heterocycles. The SMILES string of the molecule is CC(CCc1ccccc1)NC(=O)CSc1nnc2n(CCc3ccccc3)c(=O)c3c4c(sc3n12)COC(C(C)C)C4. The summed E-state index contributed by atoms with van der Waals surface area (Å²) in [5.74, 6) is 1.02. The molecule has 4 heterocycles. The number of hydrogen-bond donors (Lipinski definition) is 1. The van der Waals surface area contributed by atoms with Gasteiger partial charge in [-0.3, -0.25) is 14.2 Å². The smallest absolute Gasteiger partial charge is 0.263 e. The van der Waals surface area contributed by atoms with E-state index in [0.717, 1.165) is 39.1 Å². The lowest BCUT2D eigenvalue weighted by Crippen LogP contribution is -2.34. The van der Waals surface area contributed by atoms with Crippen LogP contribution >= 0.6 is 23.1 Å². The molecular formula is C33H37N5O3S2. The summed E-state index contributed by atoms with van der Waals surface area (Å²) in [6.07, 6.45) is 3.25. The second-order valence-corrected chi connectivity index (χ2v) is 13.6. The van der Waals surface area contributed by atoms with Crippen LogP contribution in [0.15, 0.2) is 70.6 Å².